The van der Waals surface area contributed by atoms with E-state index in [1.807, 2.05) is 48.5 Å². The average molecular weight is 574 g/mol. The van der Waals surface area contributed by atoms with Gasteiger partial charge in [0.05, 0.1) is 10.2 Å². The Morgan fingerprint density at radius 3 is 2.05 bits per heavy atom. The zero-order chi connectivity index (χ0) is 28.7. The predicted molar refractivity (Wildman–Crippen MR) is 143 cm³/mol. The Kier molecular flexibility index (Phi) is 7.71. The number of nitrogens with one attached hydrogen (secondary N) is 1. The van der Waals surface area contributed by atoms with E-state index in [2.05, 4.69) is 10.3 Å². The molecule has 4 fully saturated rings. The maximum atomic E-state index is 13.8. The Balaban J connectivity index is 0.000000411. The number of fused-ring (bicyclic) bond motifs is 1. The van der Waals surface area contributed by atoms with Crippen LogP contribution < -0.4 is 11.1 Å². The normalized spacial score (nSPS) is 25.6. The SMILES string of the molecule is NCc1ccc(C(NC(=O)C23CC4CC(CC(C4)C2)C3)C(=O)c2nc3ccccc3s2)cc1.O=C(O)C(F)(F)F. The molecule has 1 atom stereocenters. The van der Waals surface area contributed by atoms with Crippen LogP contribution in [0.3, 0.4) is 0 Å². The number of hydrogen-bond donors (Lipinski definition) is 3. The summed E-state index contributed by atoms with van der Waals surface area (Å²) >= 11 is 1.39. The highest BCUT2D eigenvalue weighted by molar-refractivity contribution is 7.20. The van der Waals surface area contributed by atoms with Crippen molar-refractivity contribution in [2.24, 2.45) is 28.9 Å². The summed E-state index contributed by atoms with van der Waals surface area (Å²) in [6.07, 6.45) is 1.67. The minimum Gasteiger partial charge on any atom is -0.475 e. The third-order valence-electron chi connectivity index (χ3n) is 8.35. The number of carbonyl (C=O) groups is 3. The monoisotopic (exact) mass is 573 g/mol. The smallest absolute Gasteiger partial charge is 0.475 e. The lowest BCUT2D eigenvalue weighted by atomic mass is 9.49. The quantitative estimate of drug-likeness (QED) is 0.328. The molecular weight excluding hydrogens is 543 g/mol. The first-order valence-corrected chi connectivity index (χ1v) is 14.1. The standard InChI is InChI=1S/C27H29N3O2S.C2HF3O2/c28-15-16-5-7-20(8-6-16)23(24(31)25-29-21-3-1-2-4-22(21)33-25)30-26(32)27-12-17-9-18(13-27)11-19(10-17)14-27;3-2(4,5)1(6)7/h1-8,17-19,23H,9-15,28H2,(H,30,32);(H,6,7). The molecule has 3 aromatic rings. The molecule has 0 aliphatic heterocycles. The molecule has 0 radical (unpaired) electrons. The Morgan fingerprint density at radius 1 is 1.00 bits per heavy atom. The molecule has 1 unspecified atom stereocenters. The second-order valence-corrected chi connectivity index (χ2v) is 12.2. The number of rotatable bonds is 6. The lowest BCUT2D eigenvalue weighted by Gasteiger charge is -2.55. The molecular formula is C29H30F3N3O4S. The molecule has 1 heterocycles. The summed E-state index contributed by atoms with van der Waals surface area (Å²) in [5.74, 6) is -0.830. The summed E-state index contributed by atoms with van der Waals surface area (Å²) in [5, 5.41) is 10.8. The molecule has 40 heavy (non-hydrogen) atoms. The molecule has 4 aliphatic rings. The minimum atomic E-state index is -5.08. The van der Waals surface area contributed by atoms with Crippen molar-refractivity contribution in [1.82, 2.24) is 10.3 Å². The van der Waals surface area contributed by atoms with E-state index >= 15 is 0 Å². The maximum Gasteiger partial charge on any atom is 0.490 e. The van der Waals surface area contributed by atoms with Crippen molar-refractivity contribution in [2.75, 3.05) is 0 Å². The third kappa shape index (κ3) is 5.76. The van der Waals surface area contributed by atoms with Crippen LogP contribution in [0.15, 0.2) is 48.5 Å². The molecule has 1 aromatic heterocycles. The van der Waals surface area contributed by atoms with Crippen LogP contribution in [0.5, 0.6) is 0 Å². The van der Waals surface area contributed by atoms with Crippen molar-refractivity contribution < 1.29 is 32.7 Å². The lowest BCUT2D eigenvalue weighted by Crippen LogP contribution is -2.54. The second kappa shape index (κ2) is 10.9. The number of carbonyl (C=O) groups excluding carboxylic acids is 2. The number of nitrogens with two attached hydrogens (primary N) is 1. The molecule has 0 saturated heterocycles. The zero-order valence-electron chi connectivity index (χ0n) is 21.6. The van der Waals surface area contributed by atoms with Gasteiger partial charge in [0, 0.05) is 12.0 Å². The topological polar surface area (TPSA) is 122 Å². The second-order valence-electron chi connectivity index (χ2n) is 11.2. The van der Waals surface area contributed by atoms with Crippen molar-refractivity contribution in [1.29, 1.82) is 0 Å². The first-order chi connectivity index (χ1) is 19.0. The molecule has 4 aliphatic carbocycles. The van der Waals surface area contributed by atoms with E-state index in [4.69, 9.17) is 15.6 Å². The van der Waals surface area contributed by atoms with Crippen molar-refractivity contribution >= 4 is 39.2 Å². The molecule has 1 amide bonds. The Bertz CT molecular complexity index is 1350. The zero-order valence-corrected chi connectivity index (χ0v) is 22.4. The van der Waals surface area contributed by atoms with E-state index in [0.29, 0.717) is 29.3 Å². The first-order valence-electron chi connectivity index (χ1n) is 13.3. The van der Waals surface area contributed by atoms with Crippen LogP contribution in [0.1, 0.15) is 65.5 Å². The fourth-order valence-electron chi connectivity index (χ4n) is 6.92. The van der Waals surface area contributed by atoms with Gasteiger partial charge in [0.25, 0.3) is 0 Å². The number of Topliss-reactive ketones (excluding diaryl/α,β-unsaturated/α-hetero) is 1. The Labute approximate surface area is 233 Å². The number of halogens is 3. The van der Waals surface area contributed by atoms with Crippen LogP contribution >= 0.6 is 11.3 Å². The van der Waals surface area contributed by atoms with Crippen LogP contribution in [0.2, 0.25) is 0 Å². The van der Waals surface area contributed by atoms with Gasteiger partial charge in [-0.15, -0.1) is 11.3 Å². The van der Waals surface area contributed by atoms with Crippen LogP contribution in [0.25, 0.3) is 10.2 Å². The van der Waals surface area contributed by atoms with E-state index in [1.165, 1.54) is 30.6 Å². The highest BCUT2D eigenvalue weighted by Crippen LogP contribution is 2.60. The number of thiazole rings is 1. The molecule has 2 aromatic carbocycles. The lowest BCUT2D eigenvalue weighted by molar-refractivity contribution is -0.192. The summed E-state index contributed by atoms with van der Waals surface area (Å²) < 4.78 is 32.7. The van der Waals surface area contributed by atoms with Gasteiger partial charge in [0.1, 0.15) is 6.04 Å². The third-order valence-corrected chi connectivity index (χ3v) is 9.40. The highest BCUT2D eigenvalue weighted by atomic mass is 32.1. The van der Waals surface area contributed by atoms with Crippen molar-refractivity contribution in [3.8, 4) is 0 Å². The fraction of sp³-hybridized carbons (Fsp3) is 0.448. The molecule has 212 valence electrons. The molecule has 7 nitrogen and oxygen atoms in total. The maximum absolute atomic E-state index is 13.8. The summed E-state index contributed by atoms with van der Waals surface area (Å²) in [7, 11) is 0. The molecule has 0 spiro atoms. The van der Waals surface area contributed by atoms with Gasteiger partial charge >= 0.3 is 12.1 Å². The van der Waals surface area contributed by atoms with Crippen molar-refractivity contribution in [3.05, 3.63) is 64.7 Å². The number of aliphatic carboxylic acids is 1. The molecule has 11 heteroatoms. The molecule has 7 rings (SSSR count). The predicted octanol–water partition coefficient (Wildman–Crippen LogP) is 5.64. The largest absolute Gasteiger partial charge is 0.490 e. The van der Waals surface area contributed by atoms with Crippen LogP contribution in [-0.4, -0.2) is 33.9 Å². The molecule has 4 bridgehead atoms. The van der Waals surface area contributed by atoms with Crippen LogP contribution in [-0.2, 0) is 16.1 Å². The van der Waals surface area contributed by atoms with Crippen molar-refractivity contribution in [2.45, 2.75) is 57.3 Å². The summed E-state index contributed by atoms with van der Waals surface area (Å²) in [6.45, 7) is 0.441. The van der Waals surface area contributed by atoms with Gasteiger partial charge in [-0.1, -0.05) is 36.4 Å². The van der Waals surface area contributed by atoms with Crippen LogP contribution in [0, 0.1) is 23.2 Å². The van der Waals surface area contributed by atoms with E-state index in [-0.39, 0.29) is 17.1 Å². The van der Waals surface area contributed by atoms with E-state index < -0.39 is 18.2 Å². The molecule has 4 N–H and O–H groups in total. The summed E-state index contributed by atoms with van der Waals surface area (Å²) in [4.78, 5) is 41.0. The average Bonchev–Trinajstić information content (AvgIpc) is 3.35. The number of carboxylic acid groups (broad SMARTS) is 1. The fourth-order valence-corrected chi connectivity index (χ4v) is 7.86. The highest BCUT2D eigenvalue weighted by Gasteiger charge is 2.55. The van der Waals surface area contributed by atoms with Gasteiger partial charge < -0.3 is 16.2 Å². The van der Waals surface area contributed by atoms with Gasteiger partial charge in [-0.3, -0.25) is 9.59 Å². The summed E-state index contributed by atoms with van der Waals surface area (Å²) in [6, 6.07) is 14.7. The van der Waals surface area contributed by atoms with Gasteiger partial charge in [-0.2, -0.15) is 13.2 Å². The number of amides is 1. The number of para-hydroxylation sites is 1. The van der Waals surface area contributed by atoms with Crippen molar-refractivity contribution in [3.63, 3.8) is 0 Å². The number of benzene rings is 2. The summed E-state index contributed by atoms with van der Waals surface area (Å²) in [5.41, 5.74) is 8.07. The first kappa shape index (κ1) is 28.2. The van der Waals surface area contributed by atoms with Gasteiger partial charge in [-0.05, 0) is 79.5 Å². The number of aromatic nitrogens is 1. The van der Waals surface area contributed by atoms with E-state index in [9.17, 15) is 22.8 Å². The number of nitrogens with zero attached hydrogens (tertiary/aromatic N) is 1. The van der Waals surface area contributed by atoms with Crippen LogP contribution in [0.4, 0.5) is 13.2 Å². The Hall–Kier alpha value is -3.31. The van der Waals surface area contributed by atoms with E-state index in [0.717, 1.165) is 40.6 Å². The van der Waals surface area contributed by atoms with E-state index in [1.54, 1.807) is 0 Å². The number of hydrogen-bond acceptors (Lipinski definition) is 6. The molecule has 4 saturated carbocycles. The van der Waals surface area contributed by atoms with Gasteiger partial charge in [0.2, 0.25) is 11.7 Å². The minimum absolute atomic E-state index is 0.0592. The number of alkyl halides is 3. The van der Waals surface area contributed by atoms with Gasteiger partial charge in [0.15, 0.2) is 5.01 Å². The Morgan fingerprint density at radius 2 is 1.55 bits per heavy atom. The van der Waals surface area contributed by atoms with Gasteiger partial charge in [-0.25, -0.2) is 9.78 Å². The number of ketones is 1. The number of carboxylic acids is 1.